The van der Waals surface area contributed by atoms with Crippen LogP contribution < -0.4 is 0 Å². The number of aromatic nitrogens is 6. The Balaban J connectivity index is 1.57. The van der Waals surface area contributed by atoms with Crippen molar-refractivity contribution in [3.8, 4) is 11.4 Å². The summed E-state index contributed by atoms with van der Waals surface area (Å²) < 4.78 is 3.69. The van der Waals surface area contributed by atoms with Crippen molar-refractivity contribution in [2.75, 3.05) is 14.1 Å². The third-order valence-corrected chi connectivity index (χ3v) is 6.68. The van der Waals surface area contributed by atoms with E-state index in [-0.39, 0.29) is 5.91 Å². The lowest BCUT2D eigenvalue weighted by Crippen LogP contribution is -2.21. The number of hydrogen-bond donors (Lipinski definition) is 0. The van der Waals surface area contributed by atoms with Gasteiger partial charge in [-0.1, -0.05) is 18.2 Å². The van der Waals surface area contributed by atoms with E-state index >= 15 is 0 Å². The van der Waals surface area contributed by atoms with Crippen LogP contribution in [-0.4, -0.2) is 54.3 Å². The van der Waals surface area contributed by atoms with Crippen molar-refractivity contribution in [1.82, 2.24) is 34.3 Å². The average molecular weight is 446 g/mol. The Labute approximate surface area is 189 Å². The maximum atomic E-state index is 12.6. The van der Waals surface area contributed by atoms with Gasteiger partial charge in [0.25, 0.3) is 5.91 Å². The van der Waals surface area contributed by atoms with Gasteiger partial charge in [0.15, 0.2) is 11.5 Å². The van der Waals surface area contributed by atoms with Gasteiger partial charge in [-0.05, 0) is 44.0 Å². The smallest absolute Gasteiger partial charge is 0.263 e. The molecule has 0 N–H and O–H groups in total. The number of nitrogens with zero attached hydrogens (tertiary/aromatic N) is 7. The molecule has 0 aliphatic carbocycles. The molecule has 1 aromatic carbocycles. The molecular weight excluding hydrogens is 422 g/mol. The van der Waals surface area contributed by atoms with Crippen LogP contribution in [0.3, 0.4) is 0 Å². The summed E-state index contributed by atoms with van der Waals surface area (Å²) in [4.78, 5) is 25.0. The summed E-state index contributed by atoms with van der Waals surface area (Å²) in [6.45, 7) is 6.69. The third-order valence-electron chi connectivity index (χ3n) is 5.49. The van der Waals surface area contributed by atoms with Gasteiger partial charge in [-0.25, -0.2) is 14.5 Å². The fourth-order valence-corrected chi connectivity index (χ4v) is 5.04. The Morgan fingerprint density at radius 3 is 2.66 bits per heavy atom. The molecule has 0 unspecified atom stereocenters. The number of benzene rings is 1. The molecule has 1 amide bonds. The van der Waals surface area contributed by atoms with Crippen molar-refractivity contribution < 1.29 is 4.79 Å². The van der Waals surface area contributed by atoms with Crippen LogP contribution in [0, 0.1) is 20.8 Å². The zero-order valence-electron chi connectivity index (χ0n) is 18.6. The number of carbonyl (C=O) groups excluding carboxylic acids is 1. The van der Waals surface area contributed by atoms with Crippen LogP contribution in [0.25, 0.3) is 27.3 Å². The summed E-state index contributed by atoms with van der Waals surface area (Å²) in [6, 6.07) is 10.3. The van der Waals surface area contributed by atoms with Crippen LogP contribution in [0.5, 0.6) is 0 Å². The summed E-state index contributed by atoms with van der Waals surface area (Å²) in [7, 11) is 3.51. The topological polar surface area (TPSA) is 81.2 Å². The highest BCUT2D eigenvalue weighted by atomic mass is 32.1. The van der Waals surface area contributed by atoms with E-state index in [2.05, 4.69) is 40.3 Å². The Bertz CT molecular complexity index is 1490. The number of fused-ring (bicyclic) bond motifs is 3. The van der Waals surface area contributed by atoms with E-state index in [1.165, 1.54) is 11.3 Å². The standard InChI is InChI=1S/C23H23N7OS/c1-13-9-14(2)29(26-13)11-16-7-6-8-17(10-16)20-25-21-18-15(3)19(23(31)28(4)5)32-22(18)24-12-30(21)27-20/h6-10,12H,11H2,1-5H3. The van der Waals surface area contributed by atoms with Gasteiger partial charge in [0.2, 0.25) is 0 Å². The maximum Gasteiger partial charge on any atom is 0.263 e. The van der Waals surface area contributed by atoms with Crippen LogP contribution in [0.1, 0.15) is 32.2 Å². The Morgan fingerprint density at radius 2 is 1.94 bits per heavy atom. The molecule has 162 valence electrons. The molecule has 0 radical (unpaired) electrons. The van der Waals surface area contributed by atoms with Crippen molar-refractivity contribution in [3.63, 3.8) is 0 Å². The normalized spacial score (nSPS) is 11.5. The van der Waals surface area contributed by atoms with Crippen molar-refractivity contribution in [2.24, 2.45) is 0 Å². The molecule has 0 saturated carbocycles. The van der Waals surface area contributed by atoms with Crippen molar-refractivity contribution >= 4 is 33.1 Å². The summed E-state index contributed by atoms with van der Waals surface area (Å²) >= 11 is 1.39. The molecule has 0 atom stereocenters. The highest BCUT2D eigenvalue weighted by Crippen LogP contribution is 2.33. The van der Waals surface area contributed by atoms with Crippen LogP contribution in [-0.2, 0) is 6.54 Å². The second-order valence-electron chi connectivity index (χ2n) is 8.17. The van der Waals surface area contributed by atoms with Crippen molar-refractivity contribution in [2.45, 2.75) is 27.3 Å². The Morgan fingerprint density at radius 1 is 1.12 bits per heavy atom. The Kier molecular flexibility index (Phi) is 4.78. The number of aryl methyl sites for hydroxylation is 3. The molecular formula is C23H23N7OS. The van der Waals surface area contributed by atoms with Gasteiger partial charge in [-0.2, -0.15) is 5.10 Å². The number of carbonyl (C=O) groups is 1. The molecule has 0 aliphatic rings. The largest absolute Gasteiger partial charge is 0.344 e. The van der Waals surface area contributed by atoms with Gasteiger partial charge < -0.3 is 4.90 Å². The summed E-state index contributed by atoms with van der Waals surface area (Å²) in [5.41, 5.74) is 5.79. The first-order chi connectivity index (χ1) is 15.3. The highest BCUT2D eigenvalue weighted by Gasteiger charge is 2.21. The summed E-state index contributed by atoms with van der Waals surface area (Å²) in [5, 5.41) is 10.1. The first-order valence-electron chi connectivity index (χ1n) is 10.3. The maximum absolute atomic E-state index is 12.6. The van der Waals surface area contributed by atoms with E-state index < -0.39 is 0 Å². The molecule has 0 fully saturated rings. The fraction of sp³-hybridized carbons (Fsp3) is 0.261. The number of thiophene rings is 1. The second-order valence-corrected chi connectivity index (χ2v) is 9.17. The van der Waals surface area contributed by atoms with E-state index in [4.69, 9.17) is 4.98 Å². The predicted molar refractivity (Wildman–Crippen MR) is 125 cm³/mol. The molecule has 32 heavy (non-hydrogen) atoms. The molecule has 9 heteroatoms. The molecule has 4 aromatic heterocycles. The van der Waals surface area contributed by atoms with Crippen LogP contribution in [0.4, 0.5) is 0 Å². The van der Waals surface area contributed by atoms with E-state index in [1.54, 1.807) is 29.8 Å². The molecule has 5 aromatic rings. The highest BCUT2D eigenvalue weighted by molar-refractivity contribution is 7.20. The van der Waals surface area contributed by atoms with Gasteiger partial charge in [0.1, 0.15) is 11.2 Å². The van der Waals surface area contributed by atoms with Crippen molar-refractivity contribution in [3.05, 3.63) is 64.1 Å². The molecule has 5 rings (SSSR count). The minimum atomic E-state index is -0.0276. The van der Waals surface area contributed by atoms with Gasteiger partial charge >= 0.3 is 0 Å². The van der Waals surface area contributed by atoms with Gasteiger partial charge in [0, 0.05) is 25.4 Å². The Hall–Kier alpha value is -3.59. The van der Waals surface area contributed by atoms with Crippen LogP contribution in [0.2, 0.25) is 0 Å². The van der Waals surface area contributed by atoms with Gasteiger partial charge in [-0.3, -0.25) is 9.48 Å². The zero-order chi connectivity index (χ0) is 22.6. The minimum absolute atomic E-state index is 0.0276. The fourth-order valence-electron chi connectivity index (χ4n) is 3.88. The lowest BCUT2D eigenvalue weighted by molar-refractivity contribution is 0.0831. The molecule has 8 nitrogen and oxygen atoms in total. The molecule has 0 bridgehead atoms. The van der Waals surface area contributed by atoms with Gasteiger partial charge in [-0.15, -0.1) is 16.4 Å². The third kappa shape index (κ3) is 3.34. The monoisotopic (exact) mass is 445 g/mol. The number of amides is 1. The average Bonchev–Trinajstić information content (AvgIpc) is 3.42. The second kappa shape index (κ2) is 7.52. The minimum Gasteiger partial charge on any atom is -0.344 e. The molecule has 4 heterocycles. The van der Waals surface area contributed by atoms with Crippen LogP contribution >= 0.6 is 11.3 Å². The van der Waals surface area contributed by atoms with E-state index in [0.717, 1.165) is 38.3 Å². The van der Waals surface area contributed by atoms with Crippen molar-refractivity contribution in [1.29, 1.82) is 0 Å². The lowest BCUT2D eigenvalue weighted by atomic mass is 10.1. The predicted octanol–water partition coefficient (Wildman–Crippen LogP) is 3.88. The molecule has 0 aliphatic heterocycles. The lowest BCUT2D eigenvalue weighted by Gasteiger charge is -2.08. The zero-order valence-corrected chi connectivity index (χ0v) is 19.4. The summed E-state index contributed by atoms with van der Waals surface area (Å²) in [5.74, 6) is 0.598. The van der Waals surface area contributed by atoms with Crippen LogP contribution in [0.15, 0.2) is 36.7 Å². The first kappa shape index (κ1) is 20.3. The SMILES string of the molecule is Cc1cc(C)n(Cc2cccc(-c3nc4c5c(C)c(C(=O)N(C)C)sc5ncn4n3)c2)n1. The quantitative estimate of drug-likeness (QED) is 0.419. The first-order valence-corrected chi connectivity index (χ1v) is 11.1. The van der Waals surface area contributed by atoms with E-state index in [9.17, 15) is 4.79 Å². The molecule has 0 saturated heterocycles. The van der Waals surface area contributed by atoms with E-state index in [0.29, 0.717) is 22.9 Å². The summed E-state index contributed by atoms with van der Waals surface area (Å²) in [6.07, 6.45) is 1.66. The number of hydrogen-bond acceptors (Lipinski definition) is 6. The molecule has 0 spiro atoms. The number of rotatable bonds is 4. The van der Waals surface area contributed by atoms with E-state index in [1.807, 2.05) is 30.7 Å². The van der Waals surface area contributed by atoms with Gasteiger partial charge in [0.05, 0.1) is 22.5 Å².